The first-order valence-corrected chi connectivity index (χ1v) is 9.71. The molecule has 0 fully saturated rings. The van der Waals surface area contributed by atoms with Crippen molar-refractivity contribution in [2.45, 2.75) is 12.0 Å². The van der Waals surface area contributed by atoms with Crippen LogP contribution in [0.25, 0.3) is 17.0 Å². The highest BCUT2D eigenvalue weighted by Crippen LogP contribution is 2.28. The van der Waals surface area contributed by atoms with Gasteiger partial charge in [0.1, 0.15) is 12.4 Å². The Bertz CT molecular complexity index is 1170. The van der Waals surface area contributed by atoms with Crippen molar-refractivity contribution >= 4 is 5.65 Å². The van der Waals surface area contributed by atoms with Gasteiger partial charge in [-0.2, -0.15) is 8.78 Å². The molecule has 0 aliphatic rings. The first-order chi connectivity index (χ1) is 15.6. The van der Waals surface area contributed by atoms with Gasteiger partial charge in [-0.25, -0.2) is 4.40 Å². The zero-order valence-corrected chi connectivity index (χ0v) is 16.8. The molecule has 0 radical (unpaired) electrons. The van der Waals surface area contributed by atoms with Crippen molar-refractivity contribution in [1.82, 2.24) is 19.6 Å². The molecule has 2 aromatic heterocycles. The van der Waals surface area contributed by atoms with E-state index in [9.17, 15) is 19.0 Å². The molecule has 4 rings (SSSR count). The van der Waals surface area contributed by atoms with E-state index >= 15 is 0 Å². The first-order valence-electron chi connectivity index (χ1n) is 9.71. The van der Waals surface area contributed by atoms with Crippen LogP contribution in [0.1, 0.15) is 5.56 Å². The van der Waals surface area contributed by atoms with Gasteiger partial charge in [0, 0.05) is 5.56 Å². The molecule has 10 heteroatoms. The van der Waals surface area contributed by atoms with Crippen LogP contribution in [0.15, 0.2) is 67.0 Å². The van der Waals surface area contributed by atoms with E-state index < -0.39 is 12.0 Å². The molecule has 0 spiro atoms. The van der Waals surface area contributed by atoms with E-state index in [0.29, 0.717) is 17.0 Å². The zero-order valence-electron chi connectivity index (χ0n) is 16.8. The molecule has 4 aromatic rings. The Hall–Kier alpha value is -3.63. The van der Waals surface area contributed by atoms with Crippen molar-refractivity contribution in [2.24, 2.45) is 0 Å². The van der Waals surface area contributed by atoms with Gasteiger partial charge in [0.05, 0.1) is 31.0 Å². The molecule has 2 N–H and O–H groups in total. The van der Waals surface area contributed by atoms with Crippen LogP contribution >= 0.6 is 0 Å². The summed E-state index contributed by atoms with van der Waals surface area (Å²) in [6, 6.07) is 15.1. The molecule has 2 heterocycles. The monoisotopic (exact) mass is 442 g/mol. The van der Waals surface area contributed by atoms with E-state index in [-0.39, 0.29) is 31.5 Å². The van der Waals surface area contributed by atoms with E-state index in [1.54, 1.807) is 16.5 Å². The van der Waals surface area contributed by atoms with Crippen LogP contribution in [0.2, 0.25) is 0 Å². The number of alkyl halides is 2. The highest BCUT2D eigenvalue weighted by Gasteiger charge is 2.32. The predicted molar refractivity (Wildman–Crippen MR) is 111 cm³/mol. The van der Waals surface area contributed by atoms with Crippen LogP contribution in [-0.4, -0.2) is 56.2 Å². The summed E-state index contributed by atoms with van der Waals surface area (Å²) in [5.74, 6) is 0.714. The summed E-state index contributed by atoms with van der Waals surface area (Å²) in [5.41, 5.74) is 0.688. The van der Waals surface area contributed by atoms with Crippen LogP contribution in [0.3, 0.4) is 0 Å². The molecule has 166 valence electrons. The second-order valence-electron chi connectivity index (χ2n) is 7.12. The average molecular weight is 442 g/mol. The molecule has 0 amide bonds. The van der Waals surface area contributed by atoms with Crippen LogP contribution < -0.4 is 9.47 Å². The lowest BCUT2D eigenvalue weighted by molar-refractivity contribution is -0.0498. The maximum atomic E-state index is 12.4. The lowest BCUT2D eigenvalue weighted by atomic mass is 9.83. The lowest BCUT2D eigenvalue weighted by Crippen LogP contribution is -2.41. The van der Waals surface area contributed by atoms with Gasteiger partial charge in [-0.15, -0.1) is 10.2 Å². The van der Waals surface area contributed by atoms with Crippen LogP contribution in [0.5, 0.6) is 11.6 Å². The summed E-state index contributed by atoms with van der Waals surface area (Å²) in [5, 5.41) is 28.4. The number of halogens is 2. The van der Waals surface area contributed by atoms with Gasteiger partial charge in [-0.3, -0.25) is 4.98 Å². The van der Waals surface area contributed by atoms with Crippen molar-refractivity contribution in [3.63, 3.8) is 0 Å². The Labute approximate surface area is 181 Å². The van der Waals surface area contributed by atoms with E-state index in [0.717, 1.165) is 5.56 Å². The number of hydrogen-bond donors (Lipinski definition) is 2. The van der Waals surface area contributed by atoms with Gasteiger partial charge in [-0.05, 0) is 29.8 Å². The van der Waals surface area contributed by atoms with Crippen molar-refractivity contribution in [3.8, 4) is 23.0 Å². The van der Waals surface area contributed by atoms with E-state index in [1.807, 2.05) is 30.3 Å². The van der Waals surface area contributed by atoms with E-state index in [2.05, 4.69) is 19.9 Å². The molecule has 0 saturated heterocycles. The number of fused-ring (bicyclic) bond motifs is 1. The third-order valence-electron chi connectivity index (χ3n) is 5.11. The average Bonchev–Trinajstić information content (AvgIpc) is 3.26. The van der Waals surface area contributed by atoms with Crippen molar-refractivity contribution in [3.05, 3.63) is 72.6 Å². The molecule has 0 aliphatic carbocycles. The van der Waals surface area contributed by atoms with E-state index in [1.165, 1.54) is 24.5 Å². The SMILES string of the molecule is OCC(CO)(COc1cncc2nnc(-c3ccc(OC(F)F)cc3)n12)c1ccccc1. The Kier molecular flexibility index (Phi) is 6.24. The summed E-state index contributed by atoms with van der Waals surface area (Å²) in [6.45, 7) is -3.62. The van der Waals surface area contributed by atoms with Gasteiger partial charge < -0.3 is 19.7 Å². The minimum atomic E-state index is -2.91. The van der Waals surface area contributed by atoms with Gasteiger partial charge in [0.2, 0.25) is 5.88 Å². The molecule has 0 bridgehead atoms. The predicted octanol–water partition coefficient (Wildman–Crippen LogP) is 2.69. The zero-order chi connectivity index (χ0) is 22.6. The number of hydrogen-bond acceptors (Lipinski definition) is 7. The number of aromatic nitrogens is 4. The number of aliphatic hydroxyl groups is 2. The Balaban J connectivity index is 1.66. The van der Waals surface area contributed by atoms with Gasteiger partial charge in [0.15, 0.2) is 11.5 Å². The molecule has 32 heavy (non-hydrogen) atoms. The van der Waals surface area contributed by atoms with Gasteiger partial charge in [0.25, 0.3) is 0 Å². The number of ether oxygens (including phenoxy) is 2. The summed E-state index contributed by atoms with van der Waals surface area (Å²) >= 11 is 0. The van der Waals surface area contributed by atoms with Crippen molar-refractivity contribution in [2.75, 3.05) is 19.8 Å². The molecule has 8 nitrogen and oxygen atoms in total. The fraction of sp³-hybridized carbons (Fsp3) is 0.227. The molecule has 0 saturated carbocycles. The van der Waals surface area contributed by atoms with Gasteiger partial charge in [-0.1, -0.05) is 30.3 Å². The molecular formula is C22H20F2N4O4. The lowest BCUT2D eigenvalue weighted by Gasteiger charge is -2.30. The molecular weight excluding hydrogens is 422 g/mol. The Morgan fingerprint density at radius 2 is 1.66 bits per heavy atom. The van der Waals surface area contributed by atoms with E-state index in [4.69, 9.17) is 4.74 Å². The first kappa shape index (κ1) is 21.6. The molecule has 0 aliphatic heterocycles. The minimum Gasteiger partial charge on any atom is -0.476 e. The van der Waals surface area contributed by atoms with Crippen molar-refractivity contribution < 1.29 is 28.5 Å². The summed E-state index contributed by atoms with van der Waals surface area (Å²) in [4.78, 5) is 4.12. The number of aliphatic hydroxyl groups excluding tert-OH is 2. The highest BCUT2D eigenvalue weighted by molar-refractivity contribution is 5.61. The summed E-state index contributed by atoms with van der Waals surface area (Å²) in [7, 11) is 0. The van der Waals surface area contributed by atoms with Gasteiger partial charge >= 0.3 is 6.61 Å². The second kappa shape index (κ2) is 9.25. The minimum absolute atomic E-state index is 0.0225. The second-order valence-corrected chi connectivity index (χ2v) is 7.12. The standard InChI is InChI=1S/C22H20F2N4O4/c23-21(24)32-17-8-6-15(7-9-17)20-27-26-18-10-25-11-19(28(18)20)31-14-22(12-29,13-30)16-4-2-1-3-5-16/h1-11,21,29-30H,12-14H2. The number of rotatable bonds is 9. The third-order valence-corrected chi connectivity index (χ3v) is 5.11. The number of benzene rings is 2. The quantitative estimate of drug-likeness (QED) is 0.411. The maximum Gasteiger partial charge on any atom is 0.387 e. The van der Waals surface area contributed by atoms with Crippen LogP contribution in [-0.2, 0) is 5.41 Å². The third kappa shape index (κ3) is 4.23. The smallest absolute Gasteiger partial charge is 0.387 e. The highest BCUT2D eigenvalue weighted by atomic mass is 19.3. The number of nitrogens with zero attached hydrogens (tertiary/aromatic N) is 4. The van der Waals surface area contributed by atoms with Crippen molar-refractivity contribution in [1.29, 1.82) is 0 Å². The van der Waals surface area contributed by atoms with Crippen LogP contribution in [0, 0.1) is 0 Å². The summed E-state index contributed by atoms with van der Waals surface area (Å²) in [6.07, 6.45) is 2.97. The molecule has 2 aromatic carbocycles. The molecule has 0 atom stereocenters. The van der Waals surface area contributed by atoms with Crippen LogP contribution in [0.4, 0.5) is 8.78 Å². The normalized spacial score (nSPS) is 11.8. The Morgan fingerprint density at radius 3 is 2.31 bits per heavy atom. The fourth-order valence-electron chi connectivity index (χ4n) is 3.31. The summed E-state index contributed by atoms with van der Waals surface area (Å²) < 4.78 is 36.8. The fourth-order valence-corrected chi connectivity index (χ4v) is 3.31. The maximum absolute atomic E-state index is 12.4. The largest absolute Gasteiger partial charge is 0.476 e. The molecule has 0 unspecified atom stereocenters. The Morgan fingerprint density at radius 1 is 0.938 bits per heavy atom. The topological polar surface area (TPSA) is 102 Å².